The van der Waals surface area contributed by atoms with Crippen LogP contribution >= 0.6 is 11.3 Å². The number of amides is 1. The highest BCUT2D eigenvalue weighted by Crippen LogP contribution is 2.30. The van der Waals surface area contributed by atoms with Gasteiger partial charge in [-0.05, 0) is 51.5 Å². The van der Waals surface area contributed by atoms with Gasteiger partial charge in [0.05, 0.1) is 16.8 Å². The normalized spacial score (nSPS) is 10.9. The fraction of sp³-hybridized carbons (Fsp3) is 0.278. The molecule has 2 heterocycles. The van der Waals surface area contributed by atoms with E-state index in [9.17, 15) is 9.59 Å². The molecule has 0 radical (unpaired) electrons. The van der Waals surface area contributed by atoms with E-state index < -0.39 is 0 Å². The van der Waals surface area contributed by atoms with Crippen molar-refractivity contribution in [3.05, 3.63) is 40.7 Å². The number of aromatic nitrogens is 2. The molecule has 0 aliphatic carbocycles. The van der Waals surface area contributed by atoms with E-state index in [0.29, 0.717) is 34.3 Å². The third kappa shape index (κ3) is 3.28. The summed E-state index contributed by atoms with van der Waals surface area (Å²) in [6, 6.07) is 5.63. The molecule has 0 unspecified atom stereocenters. The summed E-state index contributed by atoms with van der Waals surface area (Å²) in [5.41, 5.74) is 3.10. The van der Waals surface area contributed by atoms with Gasteiger partial charge in [0, 0.05) is 11.3 Å². The number of nitrogens with one attached hydrogen (secondary N) is 2. The second-order valence-electron chi connectivity index (χ2n) is 5.72. The van der Waals surface area contributed by atoms with Crippen molar-refractivity contribution in [1.82, 2.24) is 9.97 Å². The molecule has 25 heavy (non-hydrogen) atoms. The van der Waals surface area contributed by atoms with E-state index in [0.717, 1.165) is 16.0 Å². The lowest BCUT2D eigenvalue weighted by Crippen LogP contribution is -2.13. The number of hydrogen-bond acceptors (Lipinski definition) is 5. The second kappa shape index (κ2) is 6.68. The molecule has 2 aromatic heterocycles. The Labute approximate surface area is 149 Å². The lowest BCUT2D eigenvalue weighted by atomic mass is 10.1. The number of aryl methyl sites for hydroxylation is 1. The first-order valence-corrected chi connectivity index (χ1v) is 8.77. The maximum atomic E-state index is 12.6. The van der Waals surface area contributed by atoms with Crippen LogP contribution in [0, 0.1) is 13.8 Å². The molecule has 0 aliphatic rings. The van der Waals surface area contributed by atoms with Crippen LogP contribution in [0.5, 0.6) is 5.75 Å². The number of nitrogens with zero attached hydrogens (tertiary/aromatic N) is 1. The lowest BCUT2D eigenvalue weighted by Gasteiger charge is -2.01. The quantitative estimate of drug-likeness (QED) is 0.674. The first-order valence-electron chi connectivity index (χ1n) is 7.95. The van der Waals surface area contributed by atoms with Gasteiger partial charge < -0.3 is 9.72 Å². The van der Waals surface area contributed by atoms with Crippen molar-refractivity contribution >= 4 is 38.4 Å². The Morgan fingerprint density at radius 3 is 2.72 bits per heavy atom. The van der Waals surface area contributed by atoms with Crippen LogP contribution in [-0.2, 0) is 0 Å². The van der Waals surface area contributed by atoms with Gasteiger partial charge in [-0.3, -0.25) is 14.9 Å². The van der Waals surface area contributed by atoms with Gasteiger partial charge in [-0.2, -0.15) is 0 Å². The number of H-pyrrole nitrogens is 1. The summed E-state index contributed by atoms with van der Waals surface area (Å²) in [4.78, 5) is 31.7. The highest BCUT2D eigenvalue weighted by Gasteiger charge is 2.20. The molecule has 3 rings (SSSR count). The Kier molecular flexibility index (Phi) is 4.59. The minimum Gasteiger partial charge on any atom is -0.494 e. The van der Waals surface area contributed by atoms with Crippen molar-refractivity contribution in [3.8, 4) is 5.75 Å². The van der Waals surface area contributed by atoms with E-state index in [1.807, 2.05) is 25.1 Å². The summed E-state index contributed by atoms with van der Waals surface area (Å²) >= 11 is 1.38. The number of ether oxygens (including phenoxy) is 1. The lowest BCUT2D eigenvalue weighted by molar-refractivity contribution is 0.101. The highest BCUT2D eigenvalue weighted by atomic mass is 32.1. The van der Waals surface area contributed by atoms with E-state index in [1.54, 1.807) is 13.8 Å². The van der Waals surface area contributed by atoms with Crippen molar-refractivity contribution < 1.29 is 14.3 Å². The second-order valence-corrected chi connectivity index (χ2v) is 6.75. The zero-order valence-electron chi connectivity index (χ0n) is 14.5. The molecule has 7 heteroatoms. The maximum absolute atomic E-state index is 12.6. The number of hydrogen-bond donors (Lipinski definition) is 2. The molecule has 0 saturated heterocycles. The minimum absolute atomic E-state index is 0.0614. The van der Waals surface area contributed by atoms with Crippen molar-refractivity contribution in [1.29, 1.82) is 0 Å². The Bertz CT molecular complexity index is 972. The number of Topliss-reactive ketones (excluding diaryl/α,β-unsaturated/α-hetero) is 1. The summed E-state index contributed by atoms with van der Waals surface area (Å²) in [5.74, 6) is 0.407. The van der Waals surface area contributed by atoms with E-state index in [-0.39, 0.29) is 11.7 Å². The van der Waals surface area contributed by atoms with Gasteiger partial charge in [0.2, 0.25) is 0 Å². The summed E-state index contributed by atoms with van der Waals surface area (Å²) in [5, 5.41) is 3.31. The van der Waals surface area contributed by atoms with Gasteiger partial charge in [-0.1, -0.05) is 11.3 Å². The topological polar surface area (TPSA) is 84.1 Å². The molecule has 0 bridgehead atoms. The van der Waals surface area contributed by atoms with E-state index in [2.05, 4.69) is 15.3 Å². The standard InChI is InChI=1S/C18H19N3O3S/c1-5-24-12-6-7-13-14(8-12)25-18(20-13)21-17(23)16-9(2)15(11(4)22)10(3)19-16/h6-8,19H,5H2,1-4H3,(H,20,21,23). The molecular formula is C18H19N3O3S. The molecule has 6 nitrogen and oxygen atoms in total. The third-order valence-corrected chi connectivity index (χ3v) is 4.84. The van der Waals surface area contributed by atoms with Crippen LogP contribution in [0.25, 0.3) is 10.2 Å². The third-order valence-electron chi connectivity index (χ3n) is 3.91. The summed E-state index contributed by atoms with van der Waals surface area (Å²) < 4.78 is 6.42. The number of anilines is 1. The van der Waals surface area contributed by atoms with Crippen LogP contribution in [-0.4, -0.2) is 28.3 Å². The van der Waals surface area contributed by atoms with Gasteiger partial charge in [-0.15, -0.1) is 0 Å². The highest BCUT2D eigenvalue weighted by molar-refractivity contribution is 7.22. The van der Waals surface area contributed by atoms with Gasteiger partial charge >= 0.3 is 0 Å². The van der Waals surface area contributed by atoms with Crippen LogP contribution in [0.2, 0.25) is 0 Å². The molecule has 2 N–H and O–H groups in total. The average Bonchev–Trinajstić information content (AvgIpc) is 3.07. The van der Waals surface area contributed by atoms with Crippen LogP contribution in [0.15, 0.2) is 18.2 Å². The number of benzene rings is 1. The SMILES string of the molecule is CCOc1ccc2nc(NC(=O)c3[nH]c(C)c(C(C)=O)c3C)sc2c1. The van der Waals surface area contributed by atoms with Crippen LogP contribution in [0.3, 0.4) is 0 Å². The monoisotopic (exact) mass is 357 g/mol. The molecule has 0 atom stereocenters. The van der Waals surface area contributed by atoms with Crippen LogP contribution in [0.1, 0.15) is 46.0 Å². The van der Waals surface area contributed by atoms with Crippen molar-refractivity contribution in [3.63, 3.8) is 0 Å². The van der Waals surface area contributed by atoms with Crippen molar-refractivity contribution in [2.45, 2.75) is 27.7 Å². The van der Waals surface area contributed by atoms with E-state index in [4.69, 9.17) is 4.74 Å². The number of aromatic amines is 1. The fourth-order valence-electron chi connectivity index (χ4n) is 2.88. The smallest absolute Gasteiger partial charge is 0.274 e. The predicted molar refractivity (Wildman–Crippen MR) is 99.0 cm³/mol. The van der Waals surface area contributed by atoms with E-state index >= 15 is 0 Å². The maximum Gasteiger partial charge on any atom is 0.274 e. The average molecular weight is 357 g/mol. The molecular weight excluding hydrogens is 338 g/mol. The molecule has 3 aromatic rings. The molecule has 0 spiro atoms. The van der Waals surface area contributed by atoms with Crippen molar-refractivity contribution in [2.75, 3.05) is 11.9 Å². The van der Waals surface area contributed by atoms with Gasteiger partial charge in [0.15, 0.2) is 10.9 Å². The molecule has 0 aliphatic heterocycles. The Balaban J connectivity index is 1.87. The number of carbonyl (C=O) groups is 2. The molecule has 0 saturated carbocycles. The summed E-state index contributed by atoms with van der Waals surface area (Å²) in [6.45, 7) is 7.57. The Hall–Kier alpha value is -2.67. The van der Waals surface area contributed by atoms with Gasteiger partial charge in [-0.25, -0.2) is 4.98 Å². The number of thiazole rings is 1. The Morgan fingerprint density at radius 2 is 2.08 bits per heavy atom. The fourth-order valence-corrected chi connectivity index (χ4v) is 3.77. The largest absolute Gasteiger partial charge is 0.494 e. The number of carbonyl (C=O) groups excluding carboxylic acids is 2. The zero-order chi connectivity index (χ0) is 18.1. The number of rotatable bonds is 5. The number of fused-ring (bicyclic) bond motifs is 1. The summed E-state index contributed by atoms with van der Waals surface area (Å²) in [7, 11) is 0. The first-order chi connectivity index (χ1) is 11.9. The van der Waals surface area contributed by atoms with Crippen LogP contribution in [0.4, 0.5) is 5.13 Å². The first kappa shape index (κ1) is 17.2. The molecule has 0 fully saturated rings. The van der Waals surface area contributed by atoms with Gasteiger partial charge in [0.1, 0.15) is 11.4 Å². The van der Waals surface area contributed by atoms with E-state index in [1.165, 1.54) is 18.3 Å². The Morgan fingerprint density at radius 1 is 1.32 bits per heavy atom. The summed E-state index contributed by atoms with van der Waals surface area (Å²) in [6.07, 6.45) is 0. The predicted octanol–water partition coefficient (Wildman–Crippen LogP) is 4.09. The zero-order valence-corrected chi connectivity index (χ0v) is 15.3. The van der Waals surface area contributed by atoms with Gasteiger partial charge in [0.25, 0.3) is 5.91 Å². The van der Waals surface area contributed by atoms with Crippen LogP contribution < -0.4 is 10.1 Å². The minimum atomic E-state index is -0.308. The van der Waals surface area contributed by atoms with Crippen molar-refractivity contribution in [2.24, 2.45) is 0 Å². The molecule has 1 amide bonds. The molecule has 1 aromatic carbocycles. The molecule has 130 valence electrons. The number of ketones is 1.